The first-order valence-electron chi connectivity index (χ1n) is 8.36. The summed E-state index contributed by atoms with van der Waals surface area (Å²) in [7, 11) is 0. The zero-order valence-corrected chi connectivity index (χ0v) is 14.0. The van der Waals surface area contributed by atoms with Crippen LogP contribution in [0.3, 0.4) is 0 Å². The lowest BCUT2D eigenvalue weighted by Gasteiger charge is -2.17. The molecule has 122 valence electrons. The van der Waals surface area contributed by atoms with Gasteiger partial charge >= 0.3 is 0 Å². The predicted octanol–water partition coefficient (Wildman–Crippen LogP) is 3.76. The van der Waals surface area contributed by atoms with E-state index in [0.29, 0.717) is 12.0 Å². The van der Waals surface area contributed by atoms with Crippen molar-refractivity contribution < 1.29 is 4.42 Å². The zero-order valence-electron chi connectivity index (χ0n) is 14.0. The molecule has 1 aliphatic rings. The van der Waals surface area contributed by atoms with Crippen molar-refractivity contribution in [3.8, 4) is 0 Å². The number of rotatable bonds is 5. The summed E-state index contributed by atoms with van der Waals surface area (Å²) in [6.07, 6.45) is 1.16. The Morgan fingerprint density at radius 1 is 1.26 bits per heavy atom. The maximum absolute atomic E-state index is 5.69. The molecule has 1 saturated carbocycles. The summed E-state index contributed by atoms with van der Waals surface area (Å²) in [6.45, 7) is 6.85. The van der Waals surface area contributed by atoms with Gasteiger partial charge in [-0.05, 0) is 44.9 Å². The number of hydrogen-bond donors (Lipinski definition) is 2. The van der Waals surface area contributed by atoms with Crippen LogP contribution in [-0.2, 0) is 0 Å². The number of furan rings is 1. The topological polar surface area (TPSA) is 49.6 Å². The lowest BCUT2D eigenvalue weighted by Crippen LogP contribution is -2.40. The van der Waals surface area contributed by atoms with Crippen LogP contribution in [0.1, 0.15) is 49.3 Å². The number of hydrogen-bond acceptors (Lipinski definition) is 2. The molecule has 23 heavy (non-hydrogen) atoms. The van der Waals surface area contributed by atoms with Gasteiger partial charge in [-0.15, -0.1) is 0 Å². The summed E-state index contributed by atoms with van der Waals surface area (Å²) < 4.78 is 5.69. The van der Waals surface area contributed by atoms with E-state index in [1.165, 1.54) is 5.56 Å². The van der Waals surface area contributed by atoms with Crippen LogP contribution in [0.4, 0.5) is 0 Å². The van der Waals surface area contributed by atoms with E-state index in [9.17, 15) is 0 Å². The van der Waals surface area contributed by atoms with Crippen LogP contribution in [0.2, 0.25) is 0 Å². The Morgan fingerprint density at radius 2 is 2.04 bits per heavy atom. The van der Waals surface area contributed by atoms with Crippen molar-refractivity contribution in [1.29, 1.82) is 0 Å². The lowest BCUT2D eigenvalue weighted by atomic mass is 10.1. The third-order valence-electron chi connectivity index (χ3n) is 4.20. The molecule has 1 heterocycles. The van der Waals surface area contributed by atoms with Crippen molar-refractivity contribution in [2.24, 2.45) is 4.99 Å². The molecule has 4 nitrogen and oxygen atoms in total. The van der Waals surface area contributed by atoms with Gasteiger partial charge in [-0.2, -0.15) is 0 Å². The summed E-state index contributed by atoms with van der Waals surface area (Å²) in [5.74, 6) is 3.31. The number of benzene rings is 1. The van der Waals surface area contributed by atoms with Gasteiger partial charge in [-0.1, -0.05) is 30.3 Å². The van der Waals surface area contributed by atoms with Crippen LogP contribution in [0.5, 0.6) is 0 Å². The first kappa shape index (κ1) is 15.7. The second-order valence-corrected chi connectivity index (χ2v) is 6.14. The van der Waals surface area contributed by atoms with Crippen LogP contribution in [0, 0.1) is 6.92 Å². The Morgan fingerprint density at radius 3 is 2.70 bits per heavy atom. The van der Waals surface area contributed by atoms with Crippen molar-refractivity contribution in [3.63, 3.8) is 0 Å². The van der Waals surface area contributed by atoms with Crippen LogP contribution in [-0.4, -0.2) is 18.5 Å². The fourth-order valence-electron chi connectivity index (χ4n) is 2.85. The zero-order chi connectivity index (χ0) is 16.2. The van der Waals surface area contributed by atoms with Crippen LogP contribution in [0.25, 0.3) is 0 Å². The Labute approximate surface area is 138 Å². The largest absolute Gasteiger partial charge is 0.464 e. The molecular formula is C19H25N3O. The maximum atomic E-state index is 5.69. The molecule has 0 saturated heterocycles. The SMILES string of the molecule is CCN=C(NC(C)c1ccc(C)o1)NC1CC1c1ccccc1. The van der Waals surface area contributed by atoms with Gasteiger partial charge in [-0.3, -0.25) is 4.99 Å². The number of nitrogens with one attached hydrogen (secondary N) is 2. The molecule has 4 heteroatoms. The molecule has 3 atom stereocenters. The molecule has 2 aromatic rings. The van der Waals surface area contributed by atoms with E-state index < -0.39 is 0 Å². The number of guanidine groups is 1. The smallest absolute Gasteiger partial charge is 0.192 e. The van der Waals surface area contributed by atoms with Crippen molar-refractivity contribution >= 4 is 5.96 Å². The van der Waals surface area contributed by atoms with Gasteiger partial charge in [0.15, 0.2) is 5.96 Å². The Bertz CT molecular complexity index is 662. The highest BCUT2D eigenvalue weighted by Crippen LogP contribution is 2.40. The molecule has 0 amide bonds. The summed E-state index contributed by atoms with van der Waals surface area (Å²) in [5.41, 5.74) is 1.40. The normalized spacial score (nSPS) is 21.8. The molecule has 1 aromatic heterocycles. The summed E-state index contributed by atoms with van der Waals surface area (Å²) in [4.78, 5) is 4.56. The molecule has 0 radical (unpaired) electrons. The second-order valence-electron chi connectivity index (χ2n) is 6.14. The standard InChI is InChI=1S/C19H25N3O/c1-4-20-19(21-14(3)18-11-10-13(2)23-18)22-17-12-16(17)15-8-6-5-7-9-15/h5-11,14,16-17H,4,12H2,1-3H3,(H2,20,21,22). The minimum atomic E-state index is 0.0930. The number of aliphatic imine (C=N–C) groups is 1. The minimum Gasteiger partial charge on any atom is -0.464 e. The van der Waals surface area contributed by atoms with Crippen LogP contribution in [0.15, 0.2) is 51.9 Å². The summed E-state index contributed by atoms with van der Waals surface area (Å²) in [6, 6.07) is 15.2. The van der Waals surface area contributed by atoms with Crippen LogP contribution >= 0.6 is 0 Å². The monoisotopic (exact) mass is 311 g/mol. The number of nitrogens with zero attached hydrogens (tertiary/aromatic N) is 1. The van der Waals surface area contributed by atoms with Crippen LogP contribution < -0.4 is 10.6 Å². The Balaban J connectivity index is 1.59. The fourth-order valence-corrected chi connectivity index (χ4v) is 2.85. The highest BCUT2D eigenvalue weighted by molar-refractivity contribution is 5.81. The average Bonchev–Trinajstić information content (AvgIpc) is 3.18. The quantitative estimate of drug-likeness (QED) is 0.653. The van der Waals surface area contributed by atoms with Gasteiger partial charge < -0.3 is 15.1 Å². The lowest BCUT2D eigenvalue weighted by molar-refractivity contribution is 0.441. The molecule has 0 aliphatic heterocycles. The van der Waals surface area contributed by atoms with Crippen molar-refractivity contribution in [1.82, 2.24) is 10.6 Å². The molecular weight excluding hydrogens is 286 g/mol. The third-order valence-corrected chi connectivity index (χ3v) is 4.20. The fraction of sp³-hybridized carbons (Fsp3) is 0.421. The van der Waals surface area contributed by atoms with Crippen molar-refractivity contribution in [2.45, 2.75) is 45.2 Å². The van der Waals surface area contributed by atoms with E-state index >= 15 is 0 Å². The van der Waals surface area contributed by atoms with Crippen molar-refractivity contribution in [3.05, 3.63) is 59.5 Å². The second kappa shape index (κ2) is 6.90. The van der Waals surface area contributed by atoms with E-state index in [-0.39, 0.29) is 6.04 Å². The van der Waals surface area contributed by atoms with Gasteiger partial charge in [0.05, 0.1) is 6.04 Å². The van der Waals surface area contributed by atoms with E-state index in [1.807, 2.05) is 26.0 Å². The average molecular weight is 311 g/mol. The van der Waals surface area contributed by atoms with Gasteiger partial charge in [0.2, 0.25) is 0 Å². The van der Waals surface area contributed by atoms with E-state index in [4.69, 9.17) is 4.42 Å². The Kier molecular flexibility index (Phi) is 4.70. The van der Waals surface area contributed by atoms with Gasteiger partial charge in [0.1, 0.15) is 11.5 Å². The molecule has 3 unspecified atom stereocenters. The van der Waals surface area contributed by atoms with E-state index in [0.717, 1.165) is 30.4 Å². The van der Waals surface area contributed by atoms with E-state index in [2.05, 4.69) is 52.9 Å². The Hall–Kier alpha value is -2.23. The summed E-state index contributed by atoms with van der Waals surface area (Å²) in [5, 5.41) is 6.98. The van der Waals surface area contributed by atoms with Crippen molar-refractivity contribution in [2.75, 3.05) is 6.54 Å². The van der Waals surface area contributed by atoms with Gasteiger partial charge in [0, 0.05) is 18.5 Å². The third kappa shape index (κ3) is 3.95. The molecule has 0 spiro atoms. The van der Waals surface area contributed by atoms with Gasteiger partial charge in [0.25, 0.3) is 0 Å². The first-order chi connectivity index (χ1) is 11.2. The van der Waals surface area contributed by atoms with Gasteiger partial charge in [-0.25, -0.2) is 0 Å². The number of aryl methyl sites for hydroxylation is 1. The maximum Gasteiger partial charge on any atom is 0.192 e. The molecule has 2 N–H and O–H groups in total. The first-order valence-corrected chi connectivity index (χ1v) is 8.36. The highest BCUT2D eigenvalue weighted by Gasteiger charge is 2.39. The minimum absolute atomic E-state index is 0.0930. The molecule has 3 rings (SSSR count). The van der Waals surface area contributed by atoms with E-state index in [1.54, 1.807) is 0 Å². The molecule has 1 fully saturated rings. The summed E-state index contributed by atoms with van der Waals surface area (Å²) >= 11 is 0. The molecule has 1 aliphatic carbocycles. The molecule has 1 aromatic carbocycles. The molecule has 0 bridgehead atoms. The predicted molar refractivity (Wildman–Crippen MR) is 93.7 cm³/mol. The highest BCUT2D eigenvalue weighted by atomic mass is 16.3.